The summed E-state index contributed by atoms with van der Waals surface area (Å²) in [5.41, 5.74) is 0.374. The van der Waals surface area contributed by atoms with Gasteiger partial charge in [0.25, 0.3) is 5.91 Å². The van der Waals surface area contributed by atoms with E-state index >= 15 is 0 Å². The zero-order valence-electron chi connectivity index (χ0n) is 11.5. The molecular weight excluding hydrogens is 349 g/mol. The molecule has 2 rings (SSSR count). The fraction of sp³-hybridized carbons (Fsp3) is 0.133. The van der Waals surface area contributed by atoms with Crippen LogP contribution in [-0.4, -0.2) is 19.6 Å². The van der Waals surface area contributed by atoms with E-state index in [-0.39, 0.29) is 12.5 Å². The lowest BCUT2D eigenvalue weighted by molar-refractivity contribution is -0.118. The molecule has 0 aliphatic rings. The van der Waals surface area contributed by atoms with Gasteiger partial charge >= 0.3 is 0 Å². The Kier molecular flexibility index (Phi) is 5.77. The first-order valence-electron chi connectivity index (χ1n) is 6.21. The van der Waals surface area contributed by atoms with Crippen molar-refractivity contribution in [3.63, 3.8) is 0 Å². The van der Waals surface area contributed by atoms with Crippen LogP contribution < -0.4 is 14.8 Å². The second-order valence-electron chi connectivity index (χ2n) is 4.26. The molecular formula is C15H12Cl3NO3. The summed E-state index contributed by atoms with van der Waals surface area (Å²) < 4.78 is 10.4. The summed E-state index contributed by atoms with van der Waals surface area (Å²) in [5, 5.41) is 3.53. The molecule has 0 bridgehead atoms. The molecule has 0 aromatic heterocycles. The number of carbonyl (C=O) groups is 1. The van der Waals surface area contributed by atoms with E-state index in [1.54, 1.807) is 31.4 Å². The van der Waals surface area contributed by atoms with Crippen LogP contribution in [0.25, 0.3) is 0 Å². The van der Waals surface area contributed by atoms with Gasteiger partial charge in [0.05, 0.1) is 27.9 Å². The zero-order chi connectivity index (χ0) is 16.1. The van der Waals surface area contributed by atoms with Crippen LogP contribution in [0.2, 0.25) is 15.1 Å². The van der Waals surface area contributed by atoms with Crippen molar-refractivity contribution in [3.8, 4) is 11.5 Å². The van der Waals surface area contributed by atoms with Gasteiger partial charge in [0, 0.05) is 0 Å². The zero-order valence-corrected chi connectivity index (χ0v) is 13.8. The lowest BCUT2D eigenvalue weighted by Crippen LogP contribution is -2.20. The van der Waals surface area contributed by atoms with E-state index in [2.05, 4.69) is 5.32 Å². The highest BCUT2D eigenvalue weighted by atomic mass is 35.5. The van der Waals surface area contributed by atoms with Crippen LogP contribution in [0.1, 0.15) is 0 Å². The van der Waals surface area contributed by atoms with Gasteiger partial charge in [-0.1, -0.05) is 34.8 Å². The van der Waals surface area contributed by atoms with E-state index < -0.39 is 0 Å². The summed E-state index contributed by atoms with van der Waals surface area (Å²) in [5.74, 6) is 0.895. The van der Waals surface area contributed by atoms with E-state index in [0.717, 1.165) is 0 Å². The Balaban J connectivity index is 1.94. The van der Waals surface area contributed by atoms with Crippen LogP contribution in [0.4, 0.5) is 5.69 Å². The second-order valence-corrected chi connectivity index (χ2v) is 5.48. The maximum atomic E-state index is 11.9. The highest BCUT2D eigenvalue weighted by Crippen LogP contribution is 2.32. The van der Waals surface area contributed by atoms with Crippen molar-refractivity contribution < 1.29 is 14.3 Å². The topological polar surface area (TPSA) is 47.6 Å². The fourth-order valence-corrected chi connectivity index (χ4v) is 2.22. The predicted octanol–water partition coefficient (Wildman–Crippen LogP) is 4.67. The Bertz CT molecular complexity index is 674. The standard InChI is InChI=1S/C15H12Cl3NO3/c1-21-9-2-4-10(5-3-9)22-8-15(20)19-14-7-12(17)11(16)6-13(14)18/h2-7H,8H2,1H3,(H,19,20). The molecule has 1 N–H and O–H groups in total. The third kappa shape index (κ3) is 4.44. The maximum absolute atomic E-state index is 11.9. The van der Waals surface area contributed by atoms with Gasteiger partial charge in [-0.2, -0.15) is 0 Å². The van der Waals surface area contributed by atoms with Gasteiger partial charge < -0.3 is 14.8 Å². The molecule has 0 aliphatic carbocycles. The van der Waals surface area contributed by atoms with Gasteiger partial charge in [-0.15, -0.1) is 0 Å². The van der Waals surface area contributed by atoms with Crippen LogP contribution in [0.3, 0.4) is 0 Å². The largest absolute Gasteiger partial charge is 0.497 e. The molecule has 0 saturated heterocycles. The molecule has 7 heteroatoms. The van der Waals surface area contributed by atoms with Crippen LogP contribution in [0, 0.1) is 0 Å². The average molecular weight is 361 g/mol. The molecule has 0 atom stereocenters. The van der Waals surface area contributed by atoms with Crippen molar-refractivity contribution in [2.75, 3.05) is 19.0 Å². The third-order valence-electron chi connectivity index (χ3n) is 2.71. The minimum atomic E-state index is -0.365. The molecule has 4 nitrogen and oxygen atoms in total. The Labute approximate surface area is 142 Å². The van der Waals surface area contributed by atoms with Gasteiger partial charge in [0.2, 0.25) is 0 Å². The molecule has 0 heterocycles. The van der Waals surface area contributed by atoms with Crippen LogP contribution in [-0.2, 0) is 4.79 Å². The van der Waals surface area contributed by atoms with Crippen LogP contribution in [0.5, 0.6) is 11.5 Å². The second kappa shape index (κ2) is 7.58. The molecule has 1 amide bonds. The Morgan fingerprint density at radius 2 is 1.59 bits per heavy atom. The number of ether oxygens (including phenoxy) is 2. The number of nitrogens with one attached hydrogen (secondary N) is 1. The van der Waals surface area contributed by atoms with Crippen LogP contribution >= 0.6 is 34.8 Å². The van der Waals surface area contributed by atoms with Crippen molar-refractivity contribution >= 4 is 46.4 Å². The van der Waals surface area contributed by atoms with Crippen molar-refractivity contribution in [1.29, 1.82) is 0 Å². The first-order chi connectivity index (χ1) is 10.5. The molecule has 0 aliphatic heterocycles. The van der Waals surface area contributed by atoms with E-state index in [4.69, 9.17) is 44.3 Å². The van der Waals surface area contributed by atoms with Gasteiger partial charge in [0.1, 0.15) is 11.5 Å². The quantitative estimate of drug-likeness (QED) is 0.788. The summed E-state index contributed by atoms with van der Waals surface area (Å²) in [6.07, 6.45) is 0. The van der Waals surface area contributed by atoms with Gasteiger partial charge in [-0.3, -0.25) is 4.79 Å². The fourth-order valence-electron chi connectivity index (χ4n) is 1.63. The Hall–Kier alpha value is -1.62. The van der Waals surface area contributed by atoms with Crippen molar-refractivity contribution in [2.45, 2.75) is 0 Å². The van der Waals surface area contributed by atoms with Gasteiger partial charge in [-0.05, 0) is 36.4 Å². The molecule has 0 fully saturated rings. The molecule has 2 aromatic carbocycles. The molecule has 2 aromatic rings. The van der Waals surface area contributed by atoms with E-state index in [1.807, 2.05) is 0 Å². The third-order valence-corrected chi connectivity index (χ3v) is 3.75. The van der Waals surface area contributed by atoms with Crippen molar-refractivity contribution in [2.24, 2.45) is 0 Å². The first kappa shape index (κ1) is 16.7. The van der Waals surface area contributed by atoms with Crippen molar-refractivity contribution in [3.05, 3.63) is 51.5 Å². The molecule has 22 heavy (non-hydrogen) atoms. The molecule has 0 radical (unpaired) electrons. The molecule has 0 saturated carbocycles. The highest BCUT2D eigenvalue weighted by Gasteiger charge is 2.10. The van der Waals surface area contributed by atoms with Crippen molar-refractivity contribution in [1.82, 2.24) is 0 Å². The maximum Gasteiger partial charge on any atom is 0.262 e. The smallest absolute Gasteiger partial charge is 0.262 e. The van der Waals surface area contributed by atoms with Crippen LogP contribution in [0.15, 0.2) is 36.4 Å². The SMILES string of the molecule is COc1ccc(OCC(=O)Nc2cc(Cl)c(Cl)cc2Cl)cc1. The number of rotatable bonds is 5. The number of hydrogen-bond acceptors (Lipinski definition) is 3. The summed E-state index contributed by atoms with van der Waals surface area (Å²) in [6.45, 7) is -0.164. The molecule has 0 unspecified atom stereocenters. The summed E-state index contributed by atoms with van der Waals surface area (Å²) >= 11 is 17.7. The lowest BCUT2D eigenvalue weighted by Gasteiger charge is -2.10. The Morgan fingerprint density at radius 3 is 2.23 bits per heavy atom. The monoisotopic (exact) mass is 359 g/mol. The number of benzene rings is 2. The first-order valence-corrected chi connectivity index (χ1v) is 7.34. The molecule has 0 spiro atoms. The van der Waals surface area contributed by atoms with Gasteiger partial charge in [0.15, 0.2) is 6.61 Å². The summed E-state index contributed by atoms with van der Waals surface area (Å²) in [7, 11) is 1.57. The average Bonchev–Trinajstić information content (AvgIpc) is 2.51. The normalized spacial score (nSPS) is 10.2. The summed E-state index contributed by atoms with van der Waals surface area (Å²) in [4.78, 5) is 11.9. The summed E-state index contributed by atoms with van der Waals surface area (Å²) in [6, 6.07) is 9.84. The number of anilines is 1. The van der Waals surface area contributed by atoms with E-state index in [1.165, 1.54) is 12.1 Å². The van der Waals surface area contributed by atoms with Gasteiger partial charge in [-0.25, -0.2) is 0 Å². The lowest BCUT2D eigenvalue weighted by atomic mass is 10.3. The van der Waals surface area contributed by atoms with E-state index in [9.17, 15) is 4.79 Å². The number of methoxy groups -OCH3 is 1. The minimum Gasteiger partial charge on any atom is -0.497 e. The molecule has 116 valence electrons. The predicted molar refractivity (Wildman–Crippen MR) is 88.6 cm³/mol. The minimum absolute atomic E-state index is 0.164. The number of amides is 1. The Morgan fingerprint density at radius 1 is 1.00 bits per heavy atom. The number of halogens is 3. The van der Waals surface area contributed by atoms with E-state index in [0.29, 0.717) is 32.3 Å². The highest BCUT2D eigenvalue weighted by molar-refractivity contribution is 6.44. The number of hydrogen-bond donors (Lipinski definition) is 1. The number of carbonyl (C=O) groups excluding carboxylic acids is 1.